The highest BCUT2D eigenvalue weighted by atomic mass is 16.4. The summed E-state index contributed by atoms with van der Waals surface area (Å²) in [6.45, 7) is 4.11. The zero-order valence-corrected chi connectivity index (χ0v) is 15.6. The molecule has 0 radical (unpaired) electrons. The van der Waals surface area contributed by atoms with Crippen molar-refractivity contribution in [1.29, 1.82) is 0 Å². The van der Waals surface area contributed by atoms with Gasteiger partial charge in [0.1, 0.15) is 0 Å². The smallest absolute Gasteiger partial charge is 0.408 e. The van der Waals surface area contributed by atoms with Gasteiger partial charge in [0.25, 0.3) is 0 Å². The van der Waals surface area contributed by atoms with Gasteiger partial charge in [-0.05, 0) is 66.4 Å². The first kappa shape index (κ1) is 16.8. The van der Waals surface area contributed by atoms with Crippen LogP contribution in [0.25, 0.3) is 0 Å². The normalized spacial score (nSPS) is 29.4. The van der Waals surface area contributed by atoms with Crippen molar-refractivity contribution < 1.29 is 9.90 Å². The van der Waals surface area contributed by atoms with Gasteiger partial charge in [-0.2, -0.15) is 0 Å². The summed E-state index contributed by atoms with van der Waals surface area (Å²) in [5.41, 5.74) is 4.98. The molecule has 3 fully saturated rings. The number of amides is 1. The summed E-state index contributed by atoms with van der Waals surface area (Å²) in [5, 5.41) is 9.92. The molecule has 3 saturated heterocycles. The number of piperidine rings is 3. The number of nitrogens with zero attached hydrogens (tertiary/aromatic N) is 2. The SMILES string of the molecule is O=C(O)N1CCc2ccccc2[C@@H]1c1ccccc1C1CN2CCC1CC2. The van der Waals surface area contributed by atoms with E-state index in [-0.39, 0.29) is 6.04 Å². The lowest BCUT2D eigenvalue weighted by Crippen LogP contribution is -2.47. The lowest BCUT2D eigenvalue weighted by molar-refractivity contribution is 0.0857. The van der Waals surface area contributed by atoms with Crippen LogP contribution in [0.15, 0.2) is 48.5 Å². The Hall–Kier alpha value is -2.33. The Morgan fingerprint density at radius 3 is 2.22 bits per heavy atom. The predicted octanol–water partition coefficient (Wildman–Crippen LogP) is 4.12. The molecule has 4 heterocycles. The quantitative estimate of drug-likeness (QED) is 0.874. The van der Waals surface area contributed by atoms with E-state index in [1.807, 2.05) is 6.07 Å². The van der Waals surface area contributed by atoms with Crippen LogP contribution in [-0.4, -0.2) is 47.2 Å². The summed E-state index contributed by atoms with van der Waals surface area (Å²) in [5.74, 6) is 1.25. The molecule has 6 rings (SSSR count). The van der Waals surface area contributed by atoms with Gasteiger partial charge >= 0.3 is 6.09 Å². The Kier molecular flexibility index (Phi) is 4.16. The number of fused-ring (bicyclic) bond motifs is 4. The van der Waals surface area contributed by atoms with Crippen molar-refractivity contribution in [1.82, 2.24) is 9.80 Å². The number of hydrogen-bond acceptors (Lipinski definition) is 2. The Morgan fingerprint density at radius 2 is 1.56 bits per heavy atom. The van der Waals surface area contributed by atoms with E-state index in [0.29, 0.717) is 12.5 Å². The second-order valence-corrected chi connectivity index (χ2v) is 8.20. The van der Waals surface area contributed by atoms with E-state index >= 15 is 0 Å². The molecule has 2 aromatic rings. The molecule has 1 amide bonds. The largest absolute Gasteiger partial charge is 0.465 e. The maximum Gasteiger partial charge on any atom is 0.408 e. The highest BCUT2D eigenvalue weighted by Gasteiger charge is 2.39. The number of hydrogen-bond donors (Lipinski definition) is 1. The first-order valence-corrected chi connectivity index (χ1v) is 10.1. The first-order chi connectivity index (χ1) is 13.2. The Bertz CT molecular complexity index is 857. The lowest BCUT2D eigenvalue weighted by atomic mass is 9.72. The van der Waals surface area contributed by atoms with Crippen LogP contribution in [0.2, 0.25) is 0 Å². The van der Waals surface area contributed by atoms with Gasteiger partial charge < -0.3 is 10.0 Å². The van der Waals surface area contributed by atoms with Gasteiger partial charge in [-0.15, -0.1) is 0 Å². The van der Waals surface area contributed by atoms with Gasteiger partial charge in [0.05, 0.1) is 6.04 Å². The average molecular weight is 362 g/mol. The van der Waals surface area contributed by atoms with Crippen molar-refractivity contribution in [2.24, 2.45) is 5.92 Å². The fraction of sp³-hybridized carbons (Fsp3) is 0.435. The van der Waals surface area contributed by atoms with Crippen molar-refractivity contribution in [3.63, 3.8) is 0 Å². The van der Waals surface area contributed by atoms with E-state index in [9.17, 15) is 9.90 Å². The van der Waals surface area contributed by atoms with Crippen LogP contribution >= 0.6 is 0 Å². The molecular formula is C23H26N2O2. The highest BCUT2D eigenvalue weighted by Crippen LogP contribution is 2.44. The summed E-state index contributed by atoms with van der Waals surface area (Å²) >= 11 is 0. The number of carboxylic acid groups (broad SMARTS) is 1. The first-order valence-electron chi connectivity index (χ1n) is 10.1. The van der Waals surface area contributed by atoms with E-state index < -0.39 is 6.09 Å². The third-order valence-electron chi connectivity index (χ3n) is 6.88. The van der Waals surface area contributed by atoms with E-state index in [2.05, 4.69) is 47.4 Å². The van der Waals surface area contributed by atoms with E-state index in [1.165, 1.54) is 42.6 Å². The van der Waals surface area contributed by atoms with Crippen LogP contribution in [0.4, 0.5) is 4.79 Å². The average Bonchev–Trinajstić information content (AvgIpc) is 2.73. The third-order valence-corrected chi connectivity index (χ3v) is 6.88. The van der Waals surface area contributed by atoms with Gasteiger partial charge in [0, 0.05) is 13.1 Å². The summed E-state index contributed by atoms with van der Waals surface area (Å²) in [6, 6.07) is 16.8. The van der Waals surface area contributed by atoms with Gasteiger partial charge in [-0.25, -0.2) is 4.79 Å². The minimum atomic E-state index is -0.821. The molecule has 2 atom stereocenters. The van der Waals surface area contributed by atoms with Crippen LogP contribution < -0.4 is 0 Å². The van der Waals surface area contributed by atoms with Crippen molar-refractivity contribution in [2.45, 2.75) is 31.2 Å². The molecule has 0 spiro atoms. The fourth-order valence-electron chi connectivity index (χ4n) is 5.52. The lowest BCUT2D eigenvalue weighted by Gasteiger charge is -2.46. The summed E-state index contributed by atoms with van der Waals surface area (Å²) < 4.78 is 0. The molecule has 4 aliphatic heterocycles. The Labute approximate surface area is 160 Å². The standard InChI is InChI=1S/C23H26N2O2/c26-23(27)25-14-11-16-5-1-2-6-18(16)22(25)20-8-4-3-7-19(20)21-15-24-12-9-17(21)10-13-24/h1-8,17,21-22H,9-15H2,(H,26,27)/t21?,22-/m1/s1. The molecule has 0 saturated carbocycles. The summed E-state index contributed by atoms with van der Waals surface area (Å²) in [6.07, 6.45) is 2.51. The topological polar surface area (TPSA) is 43.8 Å². The molecule has 2 bridgehead atoms. The highest BCUT2D eigenvalue weighted by molar-refractivity contribution is 5.68. The number of carbonyl (C=O) groups is 1. The zero-order valence-electron chi connectivity index (χ0n) is 15.6. The van der Waals surface area contributed by atoms with Gasteiger partial charge in [0.15, 0.2) is 0 Å². The minimum absolute atomic E-state index is 0.195. The second kappa shape index (κ2) is 6.68. The summed E-state index contributed by atoms with van der Waals surface area (Å²) in [4.78, 5) is 16.3. The van der Waals surface area contributed by atoms with E-state index in [4.69, 9.17) is 0 Å². The second-order valence-electron chi connectivity index (χ2n) is 8.20. The zero-order chi connectivity index (χ0) is 18.4. The fourth-order valence-corrected chi connectivity index (χ4v) is 5.52. The molecule has 1 N–H and O–H groups in total. The Morgan fingerprint density at radius 1 is 0.889 bits per heavy atom. The van der Waals surface area contributed by atoms with Gasteiger partial charge in [-0.1, -0.05) is 48.5 Å². The molecule has 140 valence electrons. The molecule has 0 aromatic heterocycles. The Balaban J connectivity index is 1.62. The maximum atomic E-state index is 12.1. The van der Waals surface area contributed by atoms with Crippen LogP contribution in [0, 0.1) is 5.92 Å². The molecule has 27 heavy (non-hydrogen) atoms. The molecular weight excluding hydrogens is 336 g/mol. The van der Waals surface area contributed by atoms with Crippen LogP contribution in [0.5, 0.6) is 0 Å². The third kappa shape index (κ3) is 2.83. The van der Waals surface area contributed by atoms with Crippen LogP contribution in [0.1, 0.15) is 47.1 Å². The van der Waals surface area contributed by atoms with Crippen molar-refractivity contribution >= 4 is 6.09 Å². The minimum Gasteiger partial charge on any atom is -0.465 e. The molecule has 4 nitrogen and oxygen atoms in total. The molecule has 4 aliphatic rings. The van der Waals surface area contributed by atoms with Crippen LogP contribution in [0.3, 0.4) is 0 Å². The summed E-state index contributed by atoms with van der Waals surface area (Å²) in [7, 11) is 0. The molecule has 2 aromatic carbocycles. The molecule has 0 aliphatic carbocycles. The molecule has 1 unspecified atom stereocenters. The van der Waals surface area contributed by atoms with Crippen molar-refractivity contribution in [2.75, 3.05) is 26.2 Å². The number of benzene rings is 2. The van der Waals surface area contributed by atoms with Crippen LogP contribution in [-0.2, 0) is 6.42 Å². The van der Waals surface area contributed by atoms with E-state index in [1.54, 1.807) is 4.90 Å². The maximum absolute atomic E-state index is 12.1. The molecule has 4 heteroatoms. The van der Waals surface area contributed by atoms with Crippen molar-refractivity contribution in [3.05, 3.63) is 70.8 Å². The monoisotopic (exact) mass is 362 g/mol. The predicted molar refractivity (Wildman–Crippen MR) is 105 cm³/mol. The van der Waals surface area contributed by atoms with Gasteiger partial charge in [-0.3, -0.25) is 4.90 Å². The van der Waals surface area contributed by atoms with Crippen molar-refractivity contribution in [3.8, 4) is 0 Å². The number of rotatable bonds is 2. The van der Waals surface area contributed by atoms with E-state index in [0.717, 1.165) is 24.4 Å². The van der Waals surface area contributed by atoms with Gasteiger partial charge in [0.2, 0.25) is 0 Å².